The van der Waals surface area contributed by atoms with E-state index in [1.54, 1.807) is 19.2 Å². The number of aryl methyl sites for hydroxylation is 1. The standard InChI is InChI=1S/C18H18F3N3O2S/c1-4-13(10-5-7-11(26-3)8-6-10)22-16(25)14-9-12-15(18(19,20)21)23-24(2)17(12)27-14/h5-9,13H,4H2,1-3H3,(H,22,25)/t13-/m0/s1. The Bertz CT molecular complexity index is 961. The number of ether oxygens (including phenoxy) is 1. The van der Waals surface area contributed by atoms with Gasteiger partial charge in [-0.2, -0.15) is 18.3 Å². The van der Waals surface area contributed by atoms with E-state index >= 15 is 0 Å². The van der Waals surface area contributed by atoms with Crippen LogP contribution in [0, 0.1) is 0 Å². The van der Waals surface area contributed by atoms with Gasteiger partial charge in [0.1, 0.15) is 10.6 Å². The lowest BCUT2D eigenvalue weighted by Gasteiger charge is -2.17. The number of hydrogen-bond acceptors (Lipinski definition) is 4. The van der Waals surface area contributed by atoms with Crippen LogP contribution in [0.2, 0.25) is 0 Å². The molecular formula is C18H18F3N3O2S. The molecule has 2 aromatic heterocycles. The monoisotopic (exact) mass is 397 g/mol. The minimum atomic E-state index is -4.57. The molecule has 0 unspecified atom stereocenters. The third-order valence-corrected chi connectivity index (χ3v) is 5.44. The van der Waals surface area contributed by atoms with Gasteiger partial charge in [-0.25, -0.2) is 0 Å². The zero-order chi connectivity index (χ0) is 19.8. The first-order chi connectivity index (χ1) is 12.7. The van der Waals surface area contributed by atoms with Crippen molar-refractivity contribution < 1.29 is 22.7 Å². The van der Waals surface area contributed by atoms with Crippen molar-refractivity contribution in [2.75, 3.05) is 7.11 Å². The Morgan fingerprint density at radius 2 is 2.00 bits per heavy atom. The number of fused-ring (bicyclic) bond motifs is 1. The Balaban J connectivity index is 1.86. The van der Waals surface area contributed by atoms with E-state index in [1.165, 1.54) is 13.1 Å². The molecule has 3 rings (SSSR count). The third kappa shape index (κ3) is 3.78. The molecule has 5 nitrogen and oxygen atoms in total. The van der Waals surface area contributed by atoms with Gasteiger partial charge in [0.15, 0.2) is 5.69 Å². The number of nitrogens with zero attached hydrogens (tertiary/aromatic N) is 2. The normalized spacial score (nSPS) is 13.0. The summed E-state index contributed by atoms with van der Waals surface area (Å²) in [6.45, 7) is 1.92. The number of thiophene rings is 1. The van der Waals surface area contributed by atoms with Gasteiger partial charge in [0, 0.05) is 12.4 Å². The first-order valence-corrected chi connectivity index (χ1v) is 9.04. The van der Waals surface area contributed by atoms with Gasteiger partial charge in [-0.05, 0) is 30.2 Å². The highest BCUT2D eigenvalue weighted by molar-refractivity contribution is 7.20. The number of alkyl halides is 3. The highest BCUT2D eigenvalue weighted by Crippen LogP contribution is 2.37. The fraction of sp³-hybridized carbons (Fsp3) is 0.333. The molecule has 27 heavy (non-hydrogen) atoms. The van der Waals surface area contributed by atoms with Crippen molar-refractivity contribution in [3.63, 3.8) is 0 Å². The van der Waals surface area contributed by atoms with Gasteiger partial charge in [0.25, 0.3) is 5.91 Å². The lowest BCUT2D eigenvalue weighted by molar-refractivity contribution is -0.140. The lowest BCUT2D eigenvalue weighted by atomic mass is 10.0. The smallest absolute Gasteiger partial charge is 0.435 e. The molecule has 1 aromatic carbocycles. The molecule has 1 N–H and O–H groups in total. The van der Waals surface area contributed by atoms with Gasteiger partial charge in [0.2, 0.25) is 0 Å². The summed E-state index contributed by atoms with van der Waals surface area (Å²) in [7, 11) is 3.00. The van der Waals surface area contributed by atoms with Crippen molar-refractivity contribution in [3.8, 4) is 5.75 Å². The fourth-order valence-electron chi connectivity index (χ4n) is 2.85. The highest BCUT2D eigenvalue weighted by Gasteiger charge is 2.37. The van der Waals surface area contributed by atoms with Crippen LogP contribution in [0.3, 0.4) is 0 Å². The molecule has 0 bridgehead atoms. The molecule has 2 heterocycles. The Morgan fingerprint density at radius 1 is 1.33 bits per heavy atom. The second-order valence-electron chi connectivity index (χ2n) is 6.01. The number of rotatable bonds is 5. The topological polar surface area (TPSA) is 56.2 Å². The lowest BCUT2D eigenvalue weighted by Crippen LogP contribution is -2.27. The van der Waals surface area contributed by atoms with Crippen LogP contribution in [0.15, 0.2) is 30.3 Å². The third-order valence-electron chi connectivity index (χ3n) is 4.24. The van der Waals surface area contributed by atoms with Crippen LogP contribution < -0.4 is 10.1 Å². The molecule has 0 aliphatic heterocycles. The molecule has 0 aliphatic carbocycles. The van der Waals surface area contributed by atoms with Crippen molar-refractivity contribution in [1.82, 2.24) is 15.1 Å². The SMILES string of the molecule is CC[C@H](NC(=O)c1cc2c(C(F)(F)F)nn(C)c2s1)c1ccc(OC)cc1. The number of amides is 1. The van der Waals surface area contributed by atoms with E-state index in [9.17, 15) is 18.0 Å². The maximum Gasteiger partial charge on any atom is 0.435 e. The largest absolute Gasteiger partial charge is 0.497 e. The quantitative estimate of drug-likeness (QED) is 0.688. The van der Waals surface area contributed by atoms with Crippen molar-refractivity contribution in [3.05, 3.63) is 46.5 Å². The number of nitrogens with one attached hydrogen (secondary N) is 1. The predicted octanol–water partition coefficient (Wildman–Crippen LogP) is 4.54. The second kappa shape index (κ2) is 7.22. The number of methoxy groups -OCH3 is 1. The van der Waals surface area contributed by atoms with E-state index < -0.39 is 17.8 Å². The molecule has 144 valence electrons. The number of halogens is 3. The first-order valence-electron chi connectivity index (χ1n) is 8.23. The van der Waals surface area contributed by atoms with E-state index in [2.05, 4.69) is 10.4 Å². The maximum absolute atomic E-state index is 13.1. The summed E-state index contributed by atoms with van der Waals surface area (Å²) in [6.07, 6.45) is -3.93. The van der Waals surface area contributed by atoms with Crippen LogP contribution in [-0.2, 0) is 13.2 Å². The zero-order valence-electron chi connectivity index (χ0n) is 14.9. The summed E-state index contributed by atoms with van der Waals surface area (Å²) in [4.78, 5) is 13.1. The van der Waals surface area contributed by atoms with Crippen molar-refractivity contribution >= 4 is 27.5 Å². The average Bonchev–Trinajstić information content (AvgIpc) is 3.20. The predicted molar refractivity (Wildman–Crippen MR) is 97.1 cm³/mol. The van der Waals surface area contributed by atoms with Gasteiger partial charge in [-0.15, -0.1) is 11.3 Å². The Kier molecular flexibility index (Phi) is 5.14. The first kappa shape index (κ1) is 19.2. The van der Waals surface area contributed by atoms with E-state index in [-0.39, 0.29) is 16.3 Å². The van der Waals surface area contributed by atoms with E-state index in [1.807, 2.05) is 19.1 Å². The van der Waals surface area contributed by atoms with Crippen LogP contribution in [0.5, 0.6) is 5.75 Å². The Labute approximate surface area is 157 Å². The van der Waals surface area contributed by atoms with Gasteiger partial charge >= 0.3 is 6.18 Å². The summed E-state index contributed by atoms with van der Waals surface area (Å²) >= 11 is 0.991. The van der Waals surface area contributed by atoms with Gasteiger partial charge in [0.05, 0.1) is 18.0 Å². The van der Waals surface area contributed by atoms with Gasteiger partial charge < -0.3 is 10.1 Å². The molecule has 0 saturated carbocycles. The number of hydrogen-bond donors (Lipinski definition) is 1. The maximum atomic E-state index is 13.1. The Morgan fingerprint density at radius 3 is 2.56 bits per heavy atom. The molecule has 0 aliphatic rings. The van der Waals surface area contributed by atoms with Crippen LogP contribution in [0.25, 0.3) is 10.2 Å². The summed E-state index contributed by atoms with van der Waals surface area (Å²) in [5.74, 6) is 0.295. The summed E-state index contributed by atoms with van der Waals surface area (Å²) in [5, 5.41) is 6.35. The summed E-state index contributed by atoms with van der Waals surface area (Å²) < 4.78 is 45.6. The van der Waals surface area contributed by atoms with Crippen LogP contribution >= 0.6 is 11.3 Å². The highest BCUT2D eigenvalue weighted by atomic mass is 32.1. The second-order valence-corrected chi connectivity index (χ2v) is 7.04. The van der Waals surface area contributed by atoms with Crippen molar-refractivity contribution in [2.45, 2.75) is 25.6 Å². The van der Waals surface area contributed by atoms with E-state index in [0.29, 0.717) is 17.0 Å². The molecule has 0 fully saturated rings. The number of aromatic nitrogens is 2. The zero-order valence-corrected chi connectivity index (χ0v) is 15.7. The minimum absolute atomic E-state index is 0.0577. The van der Waals surface area contributed by atoms with E-state index in [0.717, 1.165) is 21.6 Å². The van der Waals surface area contributed by atoms with Crippen molar-refractivity contribution in [2.24, 2.45) is 7.05 Å². The van der Waals surface area contributed by atoms with Crippen LogP contribution in [-0.4, -0.2) is 22.8 Å². The Hall–Kier alpha value is -2.55. The summed E-state index contributed by atoms with van der Waals surface area (Å²) in [6, 6.07) is 8.30. The molecule has 3 aromatic rings. The molecule has 0 radical (unpaired) electrons. The number of carbonyl (C=O) groups excluding carboxylic acids is 1. The minimum Gasteiger partial charge on any atom is -0.497 e. The molecule has 1 amide bonds. The molecule has 9 heteroatoms. The number of benzene rings is 1. The van der Waals surface area contributed by atoms with Gasteiger partial charge in [-0.3, -0.25) is 9.48 Å². The van der Waals surface area contributed by atoms with E-state index in [4.69, 9.17) is 4.74 Å². The van der Waals surface area contributed by atoms with Gasteiger partial charge in [-0.1, -0.05) is 19.1 Å². The van der Waals surface area contributed by atoms with Crippen molar-refractivity contribution in [1.29, 1.82) is 0 Å². The average molecular weight is 397 g/mol. The molecule has 0 saturated heterocycles. The van der Waals surface area contributed by atoms with Crippen LogP contribution in [0.4, 0.5) is 13.2 Å². The molecule has 1 atom stereocenters. The molecular weight excluding hydrogens is 379 g/mol. The fourth-order valence-corrected chi connectivity index (χ4v) is 3.82. The number of carbonyl (C=O) groups is 1. The summed E-state index contributed by atoms with van der Waals surface area (Å²) in [5.41, 5.74) is -0.0806. The van der Waals surface area contributed by atoms with Crippen LogP contribution in [0.1, 0.15) is 40.3 Å². The molecule has 0 spiro atoms.